The zero-order valence-corrected chi connectivity index (χ0v) is 16.0. The van der Waals surface area contributed by atoms with E-state index in [4.69, 9.17) is 9.26 Å². The van der Waals surface area contributed by atoms with Gasteiger partial charge in [-0.05, 0) is 36.8 Å². The van der Waals surface area contributed by atoms with Crippen LogP contribution in [0.2, 0.25) is 0 Å². The highest BCUT2D eigenvalue weighted by Gasteiger charge is 2.25. The zero-order chi connectivity index (χ0) is 21.8. The molecular formula is C20H17F2N3O5. The standard InChI is InChI=1S/C20H17F2N3O5/c1-11-8-16(24-30-11)18(26)23-15-4-3-7-25(19(15)27)17(20(28)29-2)10-12-5-6-13(21)14(22)9-12/h3-9,17H,10H2,1-2H3,(H,23,26)/t17-/m0/s1. The van der Waals surface area contributed by atoms with Crippen molar-refractivity contribution in [3.63, 3.8) is 0 Å². The summed E-state index contributed by atoms with van der Waals surface area (Å²) in [5.41, 5.74) is -0.538. The number of esters is 1. The third kappa shape index (κ3) is 4.43. The lowest BCUT2D eigenvalue weighted by molar-refractivity contribution is -0.144. The van der Waals surface area contributed by atoms with Gasteiger partial charge in [-0.15, -0.1) is 0 Å². The molecule has 0 spiro atoms. The van der Waals surface area contributed by atoms with Crippen molar-refractivity contribution in [2.24, 2.45) is 0 Å². The van der Waals surface area contributed by atoms with Gasteiger partial charge in [-0.25, -0.2) is 13.6 Å². The van der Waals surface area contributed by atoms with Crippen molar-refractivity contribution in [3.8, 4) is 0 Å². The first-order chi connectivity index (χ1) is 14.3. The summed E-state index contributed by atoms with van der Waals surface area (Å²) in [7, 11) is 1.14. The molecule has 2 aromatic heterocycles. The number of amides is 1. The Labute approximate surface area is 169 Å². The van der Waals surface area contributed by atoms with Gasteiger partial charge in [-0.3, -0.25) is 14.2 Å². The Kier molecular flexibility index (Phi) is 6.05. The van der Waals surface area contributed by atoms with Crippen molar-refractivity contribution in [3.05, 3.63) is 81.6 Å². The van der Waals surface area contributed by atoms with Gasteiger partial charge in [0, 0.05) is 18.7 Å². The molecule has 1 atom stereocenters. The highest BCUT2D eigenvalue weighted by atomic mass is 19.2. The summed E-state index contributed by atoms with van der Waals surface area (Å²) in [5, 5.41) is 5.99. The normalized spacial score (nSPS) is 11.7. The van der Waals surface area contributed by atoms with Crippen LogP contribution in [0.25, 0.3) is 0 Å². The van der Waals surface area contributed by atoms with Crippen molar-refractivity contribution in [2.75, 3.05) is 12.4 Å². The molecule has 0 aliphatic carbocycles. The molecule has 2 heterocycles. The number of rotatable bonds is 6. The van der Waals surface area contributed by atoms with Gasteiger partial charge in [-0.1, -0.05) is 11.2 Å². The van der Waals surface area contributed by atoms with E-state index in [0.717, 1.165) is 23.8 Å². The fourth-order valence-corrected chi connectivity index (χ4v) is 2.83. The fraction of sp³-hybridized carbons (Fsp3) is 0.200. The van der Waals surface area contributed by atoms with Crippen LogP contribution in [-0.2, 0) is 16.0 Å². The average Bonchev–Trinajstić information content (AvgIpc) is 3.16. The maximum atomic E-state index is 13.5. The highest BCUT2D eigenvalue weighted by molar-refractivity contribution is 6.02. The number of pyridine rings is 1. The minimum Gasteiger partial charge on any atom is -0.467 e. The largest absolute Gasteiger partial charge is 0.467 e. The van der Waals surface area contributed by atoms with E-state index < -0.39 is 35.1 Å². The Balaban J connectivity index is 1.93. The second-order valence-corrected chi connectivity index (χ2v) is 6.40. The number of benzene rings is 1. The number of ether oxygens (including phenoxy) is 1. The van der Waals surface area contributed by atoms with Crippen LogP contribution in [0.3, 0.4) is 0 Å². The lowest BCUT2D eigenvalue weighted by Gasteiger charge is -2.18. The number of aromatic nitrogens is 2. The smallest absolute Gasteiger partial charge is 0.329 e. The lowest BCUT2D eigenvalue weighted by Crippen LogP contribution is -2.33. The minimum atomic E-state index is -1.17. The van der Waals surface area contributed by atoms with Gasteiger partial charge >= 0.3 is 5.97 Å². The maximum Gasteiger partial charge on any atom is 0.329 e. The molecule has 30 heavy (non-hydrogen) atoms. The molecule has 0 saturated heterocycles. The number of hydrogen-bond acceptors (Lipinski definition) is 6. The molecule has 1 amide bonds. The molecule has 10 heteroatoms. The molecule has 0 aliphatic heterocycles. The number of carbonyl (C=O) groups excluding carboxylic acids is 2. The number of carbonyl (C=O) groups is 2. The van der Waals surface area contributed by atoms with Crippen molar-refractivity contribution in [1.29, 1.82) is 0 Å². The van der Waals surface area contributed by atoms with Crippen molar-refractivity contribution < 1.29 is 27.6 Å². The van der Waals surface area contributed by atoms with Crippen LogP contribution in [0.4, 0.5) is 14.5 Å². The second kappa shape index (κ2) is 8.68. The van der Waals surface area contributed by atoms with Crippen LogP contribution in [0.15, 0.2) is 51.9 Å². The van der Waals surface area contributed by atoms with E-state index in [1.807, 2.05) is 0 Å². The molecule has 0 bridgehead atoms. The van der Waals surface area contributed by atoms with Crippen LogP contribution in [-0.4, -0.2) is 28.7 Å². The quantitative estimate of drug-likeness (QED) is 0.619. The monoisotopic (exact) mass is 417 g/mol. The molecule has 8 nitrogen and oxygen atoms in total. The first-order valence-corrected chi connectivity index (χ1v) is 8.77. The summed E-state index contributed by atoms with van der Waals surface area (Å²) in [5.74, 6) is -3.12. The Hall–Kier alpha value is -3.82. The number of anilines is 1. The van der Waals surface area contributed by atoms with E-state index in [-0.39, 0.29) is 23.4 Å². The number of nitrogens with zero attached hydrogens (tertiary/aromatic N) is 2. The van der Waals surface area contributed by atoms with E-state index in [0.29, 0.717) is 5.76 Å². The molecule has 0 fully saturated rings. The fourth-order valence-electron chi connectivity index (χ4n) is 2.83. The van der Waals surface area contributed by atoms with E-state index in [9.17, 15) is 23.2 Å². The summed E-state index contributed by atoms with van der Waals surface area (Å²) in [6.07, 6.45) is 1.20. The number of aryl methyl sites for hydroxylation is 1. The third-order valence-corrected chi connectivity index (χ3v) is 4.31. The number of methoxy groups -OCH3 is 1. The van der Waals surface area contributed by atoms with Crippen molar-refractivity contribution in [2.45, 2.75) is 19.4 Å². The summed E-state index contributed by atoms with van der Waals surface area (Å²) < 4.78 is 37.4. The maximum absolute atomic E-state index is 13.5. The SMILES string of the molecule is COC(=O)[C@H](Cc1ccc(F)c(F)c1)n1cccc(NC(=O)c2cc(C)on2)c1=O. The average molecular weight is 417 g/mol. The van der Waals surface area contributed by atoms with E-state index in [1.165, 1.54) is 30.5 Å². The van der Waals surface area contributed by atoms with Crippen LogP contribution in [0, 0.1) is 18.6 Å². The first kappa shape index (κ1) is 20.9. The number of halogens is 2. The van der Waals surface area contributed by atoms with Crippen molar-refractivity contribution in [1.82, 2.24) is 9.72 Å². The Bertz CT molecular complexity index is 1160. The second-order valence-electron chi connectivity index (χ2n) is 6.40. The number of hydrogen-bond donors (Lipinski definition) is 1. The van der Waals surface area contributed by atoms with Crippen molar-refractivity contribution >= 4 is 17.6 Å². The highest BCUT2D eigenvalue weighted by Crippen LogP contribution is 2.18. The lowest BCUT2D eigenvalue weighted by atomic mass is 10.1. The van der Waals surface area contributed by atoms with Gasteiger partial charge in [-0.2, -0.15) is 0 Å². The van der Waals surface area contributed by atoms with Gasteiger partial charge in [0.15, 0.2) is 17.3 Å². The van der Waals surface area contributed by atoms with Crippen LogP contribution < -0.4 is 10.9 Å². The summed E-state index contributed by atoms with van der Waals surface area (Å²) in [4.78, 5) is 37.5. The van der Waals surface area contributed by atoms with Gasteiger partial charge in [0.05, 0.1) is 7.11 Å². The molecule has 3 rings (SSSR count). The van der Waals surface area contributed by atoms with Gasteiger partial charge in [0.25, 0.3) is 11.5 Å². The zero-order valence-electron chi connectivity index (χ0n) is 16.0. The molecule has 0 unspecified atom stereocenters. The third-order valence-electron chi connectivity index (χ3n) is 4.31. The molecule has 0 aliphatic rings. The molecule has 1 N–H and O–H groups in total. The molecule has 156 valence electrons. The molecule has 1 aromatic carbocycles. The first-order valence-electron chi connectivity index (χ1n) is 8.77. The van der Waals surface area contributed by atoms with E-state index >= 15 is 0 Å². The van der Waals surface area contributed by atoms with Crippen LogP contribution >= 0.6 is 0 Å². The predicted molar refractivity (Wildman–Crippen MR) is 101 cm³/mol. The Morgan fingerprint density at radius 2 is 2.00 bits per heavy atom. The van der Waals surface area contributed by atoms with Crippen LogP contribution in [0.1, 0.15) is 27.9 Å². The van der Waals surface area contributed by atoms with Gasteiger partial charge in [0.2, 0.25) is 0 Å². The van der Waals surface area contributed by atoms with Gasteiger partial charge in [0.1, 0.15) is 17.5 Å². The van der Waals surface area contributed by atoms with Gasteiger partial charge < -0.3 is 14.6 Å². The molecule has 0 saturated carbocycles. The van der Waals surface area contributed by atoms with E-state index in [1.54, 1.807) is 6.92 Å². The van der Waals surface area contributed by atoms with Crippen LogP contribution in [0.5, 0.6) is 0 Å². The molecule has 0 radical (unpaired) electrons. The number of nitrogens with one attached hydrogen (secondary N) is 1. The Morgan fingerprint density at radius 3 is 2.63 bits per heavy atom. The van der Waals surface area contributed by atoms with E-state index in [2.05, 4.69) is 10.5 Å². The summed E-state index contributed by atoms with van der Waals surface area (Å²) in [6.45, 7) is 1.61. The summed E-state index contributed by atoms with van der Waals surface area (Å²) >= 11 is 0. The topological polar surface area (TPSA) is 103 Å². The Morgan fingerprint density at radius 1 is 1.23 bits per heavy atom. The predicted octanol–water partition coefficient (Wildman–Crippen LogP) is 2.63. The molecule has 3 aromatic rings. The molecular weight excluding hydrogens is 400 g/mol. The summed E-state index contributed by atoms with van der Waals surface area (Å²) in [6, 6.07) is 6.21. The minimum absolute atomic E-state index is 0.0198.